The number of hydrogen-bond acceptors (Lipinski definition) is 7. The molecule has 1 aliphatic rings. The standard InChI is InChI=1S/C30H35FN8O/c1-20-17-25(9-10-27(20)31)34-28-11-14-32-30(36-28)35-24-7-5-22(6-8-24)29(40)39-15-12-26(13-16-39)37(3)19-23-18-33-38(4)21(23)2/h5-11,14,17-18,26H,12-13,15-16,19H2,1-4H3,(H2,32,34,35,36). The maximum atomic E-state index is 13.6. The van der Waals surface area contributed by atoms with E-state index in [9.17, 15) is 9.18 Å². The number of amides is 1. The van der Waals surface area contributed by atoms with Crippen molar-refractivity contribution >= 4 is 29.0 Å². The summed E-state index contributed by atoms with van der Waals surface area (Å²) in [7, 11) is 4.12. The van der Waals surface area contributed by atoms with E-state index in [0.717, 1.165) is 43.9 Å². The molecule has 1 amide bonds. The van der Waals surface area contributed by atoms with Gasteiger partial charge in [-0.3, -0.25) is 14.4 Å². The zero-order valence-corrected chi connectivity index (χ0v) is 23.4. The molecule has 1 saturated heterocycles. The smallest absolute Gasteiger partial charge is 0.253 e. The molecule has 208 valence electrons. The van der Waals surface area contributed by atoms with Crippen molar-refractivity contribution in [2.45, 2.75) is 39.3 Å². The molecule has 2 aromatic heterocycles. The molecular formula is C30H35FN8O. The van der Waals surface area contributed by atoms with Crippen LogP contribution in [0.2, 0.25) is 0 Å². The van der Waals surface area contributed by atoms with Crippen LogP contribution in [0.3, 0.4) is 0 Å². The summed E-state index contributed by atoms with van der Waals surface area (Å²) in [6, 6.07) is 14.4. The van der Waals surface area contributed by atoms with Gasteiger partial charge >= 0.3 is 0 Å². The summed E-state index contributed by atoms with van der Waals surface area (Å²) < 4.78 is 15.5. The SMILES string of the molecule is Cc1cc(Nc2ccnc(Nc3ccc(C(=O)N4CCC(N(C)Cc5cnn(C)c5C)CC4)cc3)n2)ccc1F. The zero-order chi connectivity index (χ0) is 28.2. The summed E-state index contributed by atoms with van der Waals surface area (Å²) in [5.41, 5.74) is 5.16. The average Bonchev–Trinajstić information content (AvgIpc) is 3.27. The number of piperidine rings is 1. The van der Waals surface area contributed by atoms with Crippen molar-refractivity contribution in [1.29, 1.82) is 0 Å². The molecule has 5 rings (SSSR count). The molecule has 0 bridgehead atoms. The number of nitrogens with one attached hydrogen (secondary N) is 2. The van der Waals surface area contributed by atoms with Crippen molar-refractivity contribution in [1.82, 2.24) is 29.5 Å². The van der Waals surface area contributed by atoms with Gasteiger partial charge in [-0.2, -0.15) is 10.1 Å². The molecule has 4 aromatic rings. The lowest BCUT2D eigenvalue weighted by Gasteiger charge is -2.36. The second kappa shape index (κ2) is 11.8. The van der Waals surface area contributed by atoms with Crippen LogP contribution in [0.15, 0.2) is 60.9 Å². The minimum atomic E-state index is -0.249. The van der Waals surface area contributed by atoms with Crippen LogP contribution in [0, 0.1) is 19.7 Å². The molecule has 1 fully saturated rings. The van der Waals surface area contributed by atoms with E-state index >= 15 is 0 Å². The second-order valence-corrected chi connectivity index (χ2v) is 10.4. The van der Waals surface area contributed by atoms with E-state index in [0.29, 0.717) is 28.9 Å². The predicted molar refractivity (Wildman–Crippen MR) is 155 cm³/mol. The van der Waals surface area contributed by atoms with Crippen LogP contribution in [-0.2, 0) is 13.6 Å². The predicted octanol–water partition coefficient (Wildman–Crippen LogP) is 5.19. The lowest BCUT2D eigenvalue weighted by molar-refractivity contribution is 0.0639. The number of carbonyl (C=O) groups excluding carboxylic acids is 1. The summed E-state index contributed by atoms with van der Waals surface area (Å²) >= 11 is 0. The molecule has 0 aliphatic carbocycles. The van der Waals surface area contributed by atoms with Crippen molar-refractivity contribution in [3.05, 3.63) is 89.1 Å². The van der Waals surface area contributed by atoms with Crippen LogP contribution in [0.25, 0.3) is 0 Å². The molecule has 0 radical (unpaired) electrons. The number of benzene rings is 2. The third-order valence-corrected chi connectivity index (χ3v) is 7.61. The van der Waals surface area contributed by atoms with Gasteiger partial charge in [-0.05, 0) is 87.8 Å². The highest BCUT2D eigenvalue weighted by atomic mass is 19.1. The van der Waals surface area contributed by atoms with E-state index in [-0.39, 0.29) is 11.7 Å². The Bertz CT molecular complexity index is 1480. The monoisotopic (exact) mass is 542 g/mol. The zero-order valence-electron chi connectivity index (χ0n) is 23.4. The Labute approximate surface area is 234 Å². The molecular weight excluding hydrogens is 507 g/mol. The molecule has 0 saturated carbocycles. The maximum Gasteiger partial charge on any atom is 0.253 e. The van der Waals surface area contributed by atoms with Gasteiger partial charge in [0.1, 0.15) is 11.6 Å². The summed E-state index contributed by atoms with van der Waals surface area (Å²) in [5, 5.41) is 10.7. The summed E-state index contributed by atoms with van der Waals surface area (Å²) in [5.74, 6) is 0.796. The summed E-state index contributed by atoms with van der Waals surface area (Å²) in [6.07, 6.45) is 5.48. The van der Waals surface area contributed by atoms with Crippen molar-refractivity contribution < 1.29 is 9.18 Å². The Morgan fingerprint density at radius 2 is 1.77 bits per heavy atom. The van der Waals surface area contributed by atoms with E-state index in [2.05, 4.69) is 44.6 Å². The molecule has 0 spiro atoms. The number of hydrogen-bond donors (Lipinski definition) is 2. The lowest BCUT2D eigenvalue weighted by atomic mass is 10.0. The highest BCUT2D eigenvalue weighted by Crippen LogP contribution is 2.23. The number of anilines is 4. The molecule has 0 atom stereocenters. The number of aromatic nitrogens is 4. The quantitative estimate of drug-likeness (QED) is 0.317. The second-order valence-electron chi connectivity index (χ2n) is 10.4. The van der Waals surface area contributed by atoms with Gasteiger partial charge in [0.2, 0.25) is 5.95 Å². The van der Waals surface area contributed by atoms with Gasteiger partial charge in [0.25, 0.3) is 5.91 Å². The van der Waals surface area contributed by atoms with Crippen molar-refractivity contribution in [3.63, 3.8) is 0 Å². The van der Waals surface area contributed by atoms with Crippen LogP contribution < -0.4 is 10.6 Å². The highest BCUT2D eigenvalue weighted by Gasteiger charge is 2.26. The van der Waals surface area contributed by atoms with Crippen LogP contribution >= 0.6 is 0 Å². The fourth-order valence-electron chi connectivity index (χ4n) is 4.97. The molecule has 9 nitrogen and oxygen atoms in total. The number of carbonyl (C=O) groups is 1. The van der Waals surface area contributed by atoms with Gasteiger partial charge in [0.15, 0.2) is 0 Å². The van der Waals surface area contributed by atoms with Gasteiger partial charge in [0.05, 0.1) is 6.20 Å². The average molecular weight is 543 g/mol. The van der Waals surface area contributed by atoms with Gasteiger partial charge in [-0.25, -0.2) is 9.37 Å². The number of halogens is 1. The van der Waals surface area contributed by atoms with E-state index in [1.165, 1.54) is 17.3 Å². The Morgan fingerprint density at radius 1 is 1.05 bits per heavy atom. The van der Waals surface area contributed by atoms with Crippen LogP contribution in [0.5, 0.6) is 0 Å². The van der Waals surface area contributed by atoms with Gasteiger partial charge in [0, 0.05) is 67.1 Å². The lowest BCUT2D eigenvalue weighted by Crippen LogP contribution is -2.45. The van der Waals surface area contributed by atoms with Crippen LogP contribution in [-0.4, -0.2) is 61.6 Å². The fourth-order valence-corrected chi connectivity index (χ4v) is 4.97. The molecule has 3 heterocycles. The molecule has 10 heteroatoms. The topological polar surface area (TPSA) is 91.2 Å². The fraction of sp³-hybridized carbons (Fsp3) is 0.333. The van der Waals surface area contributed by atoms with E-state index in [1.54, 1.807) is 31.3 Å². The highest BCUT2D eigenvalue weighted by molar-refractivity contribution is 5.94. The van der Waals surface area contributed by atoms with Gasteiger partial charge in [-0.15, -0.1) is 0 Å². The summed E-state index contributed by atoms with van der Waals surface area (Å²) in [6.45, 7) is 6.15. The van der Waals surface area contributed by atoms with Crippen LogP contribution in [0.4, 0.5) is 27.5 Å². The minimum Gasteiger partial charge on any atom is -0.340 e. The number of rotatable bonds is 8. The number of likely N-dealkylation sites (tertiary alicyclic amines) is 1. The third kappa shape index (κ3) is 6.28. The van der Waals surface area contributed by atoms with Crippen LogP contribution in [0.1, 0.15) is 40.0 Å². The number of nitrogens with zero attached hydrogens (tertiary/aromatic N) is 6. The first-order chi connectivity index (χ1) is 19.3. The van der Waals surface area contributed by atoms with Crippen molar-refractivity contribution in [2.24, 2.45) is 7.05 Å². The normalized spacial score (nSPS) is 14.0. The largest absolute Gasteiger partial charge is 0.340 e. The van der Waals surface area contributed by atoms with Gasteiger partial charge < -0.3 is 15.5 Å². The Kier molecular flexibility index (Phi) is 8.06. The molecule has 2 N–H and O–H groups in total. The van der Waals surface area contributed by atoms with E-state index in [1.807, 2.05) is 47.1 Å². The maximum absolute atomic E-state index is 13.6. The van der Waals surface area contributed by atoms with Crippen molar-refractivity contribution in [3.8, 4) is 0 Å². The molecule has 2 aromatic carbocycles. The van der Waals surface area contributed by atoms with E-state index < -0.39 is 0 Å². The van der Waals surface area contributed by atoms with Gasteiger partial charge in [-0.1, -0.05) is 0 Å². The number of aryl methyl sites for hydroxylation is 2. The minimum absolute atomic E-state index is 0.0489. The Hall–Kier alpha value is -4.31. The van der Waals surface area contributed by atoms with E-state index in [4.69, 9.17) is 0 Å². The molecule has 1 aliphatic heterocycles. The van der Waals surface area contributed by atoms with Crippen molar-refractivity contribution in [2.75, 3.05) is 30.8 Å². The summed E-state index contributed by atoms with van der Waals surface area (Å²) in [4.78, 5) is 26.3. The first-order valence-electron chi connectivity index (χ1n) is 13.5. The Balaban J connectivity index is 1.14. The first-order valence-corrected chi connectivity index (χ1v) is 13.5. The molecule has 40 heavy (non-hydrogen) atoms. The first kappa shape index (κ1) is 27.3. The Morgan fingerprint density at radius 3 is 2.45 bits per heavy atom. The third-order valence-electron chi connectivity index (χ3n) is 7.61. The molecule has 0 unspecified atom stereocenters.